The molecule has 25 heavy (non-hydrogen) atoms. The second-order valence-electron chi connectivity index (χ2n) is 5.86. The number of hydrogen-bond acceptors (Lipinski definition) is 6. The molecule has 0 aliphatic carbocycles. The van der Waals surface area contributed by atoms with Gasteiger partial charge >= 0.3 is 0 Å². The number of piperazine rings is 1. The lowest BCUT2D eigenvalue weighted by atomic mass is 10.2. The Labute approximate surface area is 159 Å². The summed E-state index contributed by atoms with van der Waals surface area (Å²) in [7, 11) is -1.96. The minimum absolute atomic E-state index is 0. The fourth-order valence-corrected chi connectivity index (χ4v) is 5.71. The molecule has 0 radical (unpaired) electrons. The zero-order valence-electron chi connectivity index (χ0n) is 14.7. The van der Waals surface area contributed by atoms with Crippen molar-refractivity contribution < 1.29 is 17.9 Å². The maximum Gasteiger partial charge on any atom is 0.244 e. The van der Waals surface area contributed by atoms with Gasteiger partial charge in [0.05, 0.1) is 17.4 Å². The number of thiophene rings is 1. The molecule has 7 nitrogen and oxygen atoms in total. The molecule has 1 aliphatic rings. The van der Waals surface area contributed by atoms with Crippen molar-refractivity contribution in [2.24, 2.45) is 5.73 Å². The molecule has 2 N–H and O–H groups in total. The van der Waals surface area contributed by atoms with Gasteiger partial charge in [-0.1, -0.05) is 0 Å². The lowest BCUT2D eigenvalue weighted by Gasteiger charge is -2.34. The molecule has 0 bridgehead atoms. The van der Waals surface area contributed by atoms with E-state index in [1.54, 1.807) is 11.0 Å². The molecule has 1 unspecified atom stereocenters. The Kier molecular flexibility index (Phi) is 8.30. The van der Waals surface area contributed by atoms with Crippen molar-refractivity contribution in [3.8, 4) is 0 Å². The number of amides is 1. The molecule has 1 atom stereocenters. The van der Waals surface area contributed by atoms with Gasteiger partial charge in [-0.25, -0.2) is 8.42 Å². The highest BCUT2D eigenvalue weighted by atomic mass is 35.5. The van der Waals surface area contributed by atoms with E-state index in [1.165, 1.54) is 22.8 Å². The van der Waals surface area contributed by atoms with E-state index in [9.17, 15) is 13.2 Å². The molecule has 1 aromatic rings. The number of methoxy groups -OCH3 is 1. The second kappa shape index (κ2) is 9.29. The SMILES string of the molecule is COC(CN)CC(=O)N1CCN(S(=O)(=O)c2cc(C)sc2C)CC1.Cl. The van der Waals surface area contributed by atoms with Crippen LogP contribution >= 0.6 is 23.7 Å². The molecule has 0 spiro atoms. The zero-order valence-corrected chi connectivity index (χ0v) is 17.2. The van der Waals surface area contributed by atoms with E-state index in [4.69, 9.17) is 10.5 Å². The number of ether oxygens (including phenoxy) is 1. The smallest absolute Gasteiger partial charge is 0.244 e. The molecule has 1 fully saturated rings. The third kappa shape index (κ3) is 5.15. The van der Waals surface area contributed by atoms with E-state index in [0.29, 0.717) is 31.1 Å². The fourth-order valence-electron chi connectivity index (χ4n) is 2.77. The third-order valence-corrected chi connectivity index (χ3v) is 7.32. The van der Waals surface area contributed by atoms with E-state index < -0.39 is 10.0 Å². The highest BCUT2D eigenvalue weighted by Crippen LogP contribution is 2.28. The van der Waals surface area contributed by atoms with Gasteiger partial charge < -0.3 is 15.4 Å². The summed E-state index contributed by atoms with van der Waals surface area (Å²) in [6.45, 7) is 5.40. The molecule has 10 heteroatoms. The molecule has 2 rings (SSSR count). The standard InChI is InChI=1S/C15H25N3O4S2.ClH/c1-11-8-14(12(2)23-11)24(20,21)18-6-4-17(5-7-18)15(19)9-13(10-16)22-3;/h8,13H,4-7,9-10,16H2,1-3H3;1H. The van der Waals surface area contributed by atoms with Crippen molar-refractivity contribution in [2.45, 2.75) is 31.3 Å². The van der Waals surface area contributed by atoms with Gasteiger partial charge in [-0.2, -0.15) is 4.31 Å². The molecule has 1 amide bonds. The van der Waals surface area contributed by atoms with Crippen molar-refractivity contribution in [2.75, 3.05) is 39.8 Å². The average molecular weight is 412 g/mol. The lowest BCUT2D eigenvalue weighted by molar-refractivity contribution is -0.134. The number of nitrogens with two attached hydrogens (primary N) is 1. The number of hydrogen-bond donors (Lipinski definition) is 1. The number of aryl methyl sites for hydroxylation is 2. The van der Waals surface area contributed by atoms with Gasteiger partial charge in [0.2, 0.25) is 15.9 Å². The quantitative estimate of drug-likeness (QED) is 0.753. The van der Waals surface area contributed by atoms with Crippen LogP contribution in [0.3, 0.4) is 0 Å². The normalized spacial score (nSPS) is 17.2. The van der Waals surface area contributed by atoms with Crippen LogP contribution < -0.4 is 5.73 Å². The summed E-state index contributed by atoms with van der Waals surface area (Å²) in [6.07, 6.45) is -0.0709. The number of sulfonamides is 1. The van der Waals surface area contributed by atoms with Crippen molar-refractivity contribution in [1.82, 2.24) is 9.21 Å². The molecule has 144 valence electrons. The Balaban J connectivity index is 0.00000312. The van der Waals surface area contributed by atoms with E-state index in [0.717, 1.165) is 9.75 Å². The molecule has 1 saturated heterocycles. The van der Waals surface area contributed by atoms with E-state index in [1.807, 2.05) is 13.8 Å². The number of rotatable bonds is 6. The van der Waals surface area contributed by atoms with Crippen LogP contribution in [0, 0.1) is 13.8 Å². The molecule has 1 aliphatic heterocycles. The van der Waals surface area contributed by atoms with Gasteiger partial charge in [0.25, 0.3) is 0 Å². The Hall–Kier alpha value is -0.710. The third-order valence-electron chi connectivity index (χ3n) is 4.20. The highest BCUT2D eigenvalue weighted by molar-refractivity contribution is 7.89. The molecule has 0 saturated carbocycles. The summed E-state index contributed by atoms with van der Waals surface area (Å²) >= 11 is 1.48. The Bertz CT molecular complexity index is 681. The molecular weight excluding hydrogens is 386 g/mol. The number of halogens is 1. The van der Waals surface area contributed by atoms with Crippen molar-refractivity contribution >= 4 is 39.7 Å². The van der Waals surface area contributed by atoms with Crippen molar-refractivity contribution in [3.05, 3.63) is 15.8 Å². The minimum Gasteiger partial charge on any atom is -0.380 e. The first-order valence-corrected chi connectivity index (χ1v) is 10.1. The highest BCUT2D eigenvalue weighted by Gasteiger charge is 2.32. The number of carbonyl (C=O) groups is 1. The first kappa shape index (κ1) is 22.3. The van der Waals surface area contributed by atoms with Crippen LogP contribution in [0.1, 0.15) is 16.2 Å². The summed E-state index contributed by atoms with van der Waals surface area (Å²) in [5.41, 5.74) is 5.54. The van der Waals surface area contributed by atoms with Crippen LogP contribution in [0.25, 0.3) is 0 Å². The van der Waals surface area contributed by atoms with Crippen molar-refractivity contribution in [1.29, 1.82) is 0 Å². The average Bonchev–Trinajstić information content (AvgIpc) is 2.91. The summed E-state index contributed by atoms with van der Waals surface area (Å²) in [6, 6.07) is 1.72. The monoisotopic (exact) mass is 411 g/mol. The lowest BCUT2D eigenvalue weighted by Crippen LogP contribution is -2.51. The molecule has 1 aromatic heterocycles. The van der Waals surface area contributed by atoms with E-state index >= 15 is 0 Å². The maximum atomic E-state index is 12.8. The van der Waals surface area contributed by atoms with Gasteiger partial charge in [0.1, 0.15) is 0 Å². The van der Waals surface area contributed by atoms with Gasteiger partial charge in [0.15, 0.2) is 0 Å². The van der Waals surface area contributed by atoms with Crippen LogP contribution in [0.15, 0.2) is 11.0 Å². The van der Waals surface area contributed by atoms with Gasteiger partial charge in [-0.05, 0) is 19.9 Å². The summed E-state index contributed by atoms with van der Waals surface area (Å²) in [5.74, 6) is -0.0492. The molecule has 2 heterocycles. The second-order valence-corrected chi connectivity index (χ2v) is 9.23. The van der Waals surface area contributed by atoms with Crippen molar-refractivity contribution in [3.63, 3.8) is 0 Å². The molecular formula is C15H26ClN3O4S2. The van der Waals surface area contributed by atoms with Crippen LogP contribution in [-0.2, 0) is 19.6 Å². The predicted octanol–water partition coefficient (Wildman–Crippen LogP) is 0.983. The first-order valence-electron chi connectivity index (χ1n) is 7.87. The summed E-state index contributed by atoms with van der Waals surface area (Å²) in [5, 5.41) is 0. The maximum absolute atomic E-state index is 12.8. The van der Waals surface area contributed by atoms with E-state index in [-0.39, 0.29) is 37.4 Å². The Morgan fingerprint density at radius 3 is 2.36 bits per heavy atom. The van der Waals surface area contributed by atoms with Crippen LogP contribution in [-0.4, -0.2) is 69.5 Å². The Morgan fingerprint density at radius 2 is 1.92 bits per heavy atom. The first-order chi connectivity index (χ1) is 11.3. The minimum atomic E-state index is -3.49. The predicted molar refractivity (Wildman–Crippen MR) is 101 cm³/mol. The van der Waals surface area contributed by atoms with Gasteiger partial charge in [-0.15, -0.1) is 23.7 Å². The zero-order chi connectivity index (χ0) is 17.9. The summed E-state index contributed by atoms with van der Waals surface area (Å²) < 4.78 is 32.1. The fraction of sp³-hybridized carbons (Fsp3) is 0.667. The Morgan fingerprint density at radius 1 is 1.32 bits per heavy atom. The van der Waals surface area contributed by atoms with Crippen LogP contribution in [0.2, 0.25) is 0 Å². The molecule has 0 aromatic carbocycles. The summed E-state index contributed by atoms with van der Waals surface area (Å²) in [4.78, 5) is 16.1. The van der Waals surface area contributed by atoms with Gasteiger partial charge in [-0.3, -0.25) is 4.79 Å². The largest absolute Gasteiger partial charge is 0.380 e. The van der Waals surface area contributed by atoms with Crippen LogP contribution in [0.4, 0.5) is 0 Å². The van der Waals surface area contributed by atoms with Crippen LogP contribution in [0.5, 0.6) is 0 Å². The van der Waals surface area contributed by atoms with Gasteiger partial charge in [0, 0.05) is 49.6 Å². The topological polar surface area (TPSA) is 92.9 Å². The van der Waals surface area contributed by atoms with E-state index in [2.05, 4.69) is 0 Å². The number of carbonyl (C=O) groups excluding carboxylic acids is 1. The number of nitrogens with zero attached hydrogens (tertiary/aromatic N) is 2.